The molecule has 3 heterocycles. The first-order valence-corrected chi connectivity index (χ1v) is 10.0. The average molecular weight is 368 g/mol. The van der Waals surface area contributed by atoms with Crippen LogP contribution in [-0.4, -0.2) is 45.8 Å². The van der Waals surface area contributed by atoms with Crippen LogP contribution in [0.2, 0.25) is 0 Å². The Morgan fingerprint density at radius 2 is 2.12 bits per heavy atom. The largest absolute Gasteiger partial charge is 0.371 e. The first-order chi connectivity index (χ1) is 12.7. The monoisotopic (exact) mass is 367 g/mol. The lowest BCUT2D eigenvalue weighted by molar-refractivity contribution is 0.200. The number of rotatable bonds is 5. The number of thiazole rings is 1. The molecular formula is C20H25N5S. The van der Waals surface area contributed by atoms with E-state index in [0.29, 0.717) is 6.04 Å². The fraction of sp³-hybridized carbons (Fsp3) is 0.400. The number of aromatic nitrogens is 3. The van der Waals surface area contributed by atoms with E-state index < -0.39 is 0 Å². The SMILES string of the molecule is CN(Cc1cnn(C)c1)C1CCN(c2cccc(-c3cscn3)c2)CC1. The first kappa shape index (κ1) is 17.2. The summed E-state index contributed by atoms with van der Waals surface area (Å²) in [5, 5.41) is 6.38. The summed E-state index contributed by atoms with van der Waals surface area (Å²) in [6.45, 7) is 3.17. The van der Waals surface area contributed by atoms with Crippen LogP contribution in [0, 0.1) is 0 Å². The molecule has 0 amide bonds. The molecule has 2 aromatic heterocycles. The van der Waals surface area contributed by atoms with Gasteiger partial charge in [-0.1, -0.05) is 12.1 Å². The third-order valence-electron chi connectivity index (χ3n) is 5.22. The molecule has 0 aliphatic carbocycles. The maximum Gasteiger partial charge on any atom is 0.0811 e. The molecule has 0 bridgehead atoms. The lowest BCUT2D eigenvalue weighted by Gasteiger charge is -2.38. The van der Waals surface area contributed by atoms with Crippen molar-refractivity contribution in [3.8, 4) is 11.3 Å². The van der Waals surface area contributed by atoms with Gasteiger partial charge in [0.1, 0.15) is 0 Å². The molecular weight excluding hydrogens is 342 g/mol. The van der Waals surface area contributed by atoms with Crippen molar-refractivity contribution in [1.29, 1.82) is 0 Å². The molecule has 1 aromatic carbocycles. The van der Waals surface area contributed by atoms with Crippen molar-refractivity contribution in [3.63, 3.8) is 0 Å². The second-order valence-electron chi connectivity index (χ2n) is 7.08. The Morgan fingerprint density at radius 3 is 2.81 bits per heavy atom. The highest BCUT2D eigenvalue weighted by Gasteiger charge is 2.23. The zero-order chi connectivity index (χ0) is 17.9. The highest BCUT2D eigenvalue weighted by Crippen LogP contribution is 2.27. The molecule has 5 nitrogen and oxygen atoms in total. The van der Waals surface area contributed by atoms with Gasteiger partial charge in [0.2, 0.25) is 0 Å². The van der Waals surface area contributed by atoms with E-state index in [-0.39, 0.29) is 0 Å². The Labute approximate surface area is 158 Å². The highest BCUT2D eigenvalue weighted by atomic mass is 32.1. The van der Waals surface area contributed by atoms with Crippen LogP contribution in [0.15, 0.2) is 47.5 Å². The lowest BCUT2D eigenvalue weighted by Crippen LogP contribution is -2.43. The summed E-state index contributed by atoms with van der Waals surface area (Å²) in [4.78, 5) is 9.41. The van der Waals surface area contributed by atoms with E-state index in [1.807, 2.05) is 23.4 Å². The quantitative estimate of drug-likeness (QED) is 0.690. The fourth-order valence-corrected chi connectivity index (χ4v) is 4.31. The molecule has 1 aliphatic rings. The van der Waals surface area contributed by atoms with Gasteiger partial charge in [-0.25, -0.2) is 4.98 Å². The van der Waals surface area contributed by atoms with E-state index in [2.05, 4.69) is 62.8 Å². The second-order valence-corrected chi connectivity index (χ2v) is 7.80. The predicted octanol–water partition coefficient (Wildman–Crippen LogP) is 3.64. The summed E-state index contributed by atoms with van der Waals surface area (Å²) in [6.07, 6.45) is 6.46. The Morgan fingerprint density at radius 1 is 1.27 bits per heavy atom. The summed E-state index contributed by atoms with van der Waals surface area (Å²) in [6, 6.07) is 9.41. The van der Waals surface area contributed by atoms with Crippen LogP contribution in [0.1, 0.15) is 18.4 Å². The van der Waals surface area contributed by atoms with Crippen molar-refractivity contribution >= 4 is 17.0 Å². The minimum atomic E-state index is 0.633. The molecule has 1 fully saturated rings. The molecule has 0 N–H and O–H groups in total. The molecule has 0 atom stereocenters. The van der Waals surface area contributed by atoms with Crippen molar-refractivity contribution < 1.29 is 0 Å². The van der Waals surface area contributed by atoms with Gasteiger partial charge in [-0.2, -0.15) is 5.10 Å². The van der Waals surface area contributed by atoms with Crippen molar-refractivity contribution in [2.75, 3.05) is 25.0 Å². The van der Waals surface area contributed by atoms with Crippen LogP contribution < -0.4 is 4.90 Å². The van der Waals surface area contributed by atoms with E-state index >= 15 is 0 Å². The van der Waals surface area contributed by atoms with E-state index in [1.54, 1.807) is 11.3 Å². The van der Waals surface area contributed by atoms with E-state index in [1.165, 1.54) is 29.7 Å². The van der Waals surface area contributed by atoms with Gasteiger partial charge in [-0.15, -0.1) is 11.3 Å². The third-order valence-corrected chi connectivity index (χ3v) is 5.80. The van der Waals surface area contributed by atoms with E-state index in [0.717, 1.165) is 25.3 Å². The van der Waals surface area contributed by atoms with E-state index in [9.17, 15) is 0 Å². The van der Waals surface area contributed by atoms with Crippen LogP contribution in [0.5, 0.6) is 0 Å². The Bertz CT molecular complexity index is 834. The molecule has 4 rings (SSSR count). The third kappa shape index (κ3) is 3.81. The van der Waals surface area contributed by atoms with Gasteiger partial charge in [0.05, 0.1) is 17.4 Å². The van der Waals surface area contributed by atoms with Crippen LogP contribution in [0.4, 0.5) is 5.69 Å². The van der Waals surface area contributed by atoms with Gasteiger partial charge < -0.3 is 4.90 Å². The lowest BCUT2D eigenvalue weighted by atomic mass is 10.0. The van der Waals surface area contributed by atoms with Gasteiger partial charge in [-0.3, -0.25) is 9.58 Å². The molecule has 1 aliphatic heterocycles. The average Bonchev–Trinajstić information content (AvgIpc) is 3.34. The molecule has 0 unspecified atom stereocenters. The number of aryl methyl sites for hydroxylation is 1. The number of benzene rings is 1. The summed E-state index contributed by atoms with van der Waals surface area (Å²) in [5.74, 6) is 0. The Balaban J connectivity index is 1.37. The second kappa shape index (κ2) is 7.60. The molecule has 1 saturated heterocycles. The fourth-order valence-electron chi connectivity index (χ4n) is 3.75. The molecule has 0 spiro atoms. The maximum absolute atomic E-state index is 4.44. The number of hydrogen-bond acceptors (Lipinski definition) is 5. The zero-order valence-electron chi connectivity index (χ0n) is 15.4. The van der Waals surface area contributed by atoms with E-state index in [4.69, 9.17) is 0 Å². The zero-order valence-corrected chi connectivity index (χ0v) is 16.2. The highest BCUT2D eigenvalue weighted by molar-refractivity contribution is 7.07. The van der Waals surface area contributed by atoms with Crippen LogP contribution in [-0.2, 0) is 13.6 Å². The number of nitrogens with zero attached hydrogens (tertiary/aromatic N) is 5. The molecule has 136 valence electrons. The standard InChI is InChI=1S/C20H25N5S/c1-23(12-16-11-22-24(2)13-16)18-6-8-25(9-7-18)19-5-3-4-17(10-19)20-14-26-15-21-20/h3-5,10-11,13-15,18H,6-9,12H2,1-2H3. The molecule has 0 saturated carbocycles. The van der Waals surface area contributed by atoms with Crippen molar-refractivity contribution in [2.24, 2.45) is 7.05 Å². The Kier molecular flexibility index (Phi) is 5.04. The van der Waals surface area contributed by atoms with Gasteiger partial charge in [0.25, 0.3) is 0 Å². The summed E-state index contributed by atoms with van der Waals surface area (Å²) in [7, 11) is 4.21. The summed E-state index contributed by atoms with van der Waals surface area (Å²) >= 11 is 1.65. The number of piperidine rings is 1. The topological polar surface area (TPSA) is 37.2 Å². The minimum absolute atomic E-state index is 0.633. The molecule has 6 heteroatoms. The van der Waals surface area contributed by atoms with Gasteiger partial charge in [0.15, 0.2) is 0 Å². The number of anilines is 1. The van der Waals surface area contributed by atoms with Crippen LogP contribution in [0.3, 0.4) is 0 Å². The predicted molar refractivity (Wildman–Crippen MR) is 107 cm³/mol. The van der Waals surface area contributed by atoms with Gasteiger partial charge in [0, 0.05) is 61.1 Å². The first-order valence-electron chi connectivity index (χ1n) is 9.10. The smallest absolute Gasteiger partial charge is 0.0811 e. The summed E-state index contributed by atoms with van der Waals surface area (Å²) in [5.41, 5.74) is 6.77. The van der Waals surface area contributed by atoms with Crippen molar-refractivity contribution in [2.45, 2.75) is 25.4 Å². The normalized spacial score (nSPS) is 15.7. The molecule has 0 radical (unpaired) electrons. The number of hydrogen-bond donors (Lipinski definition) is 0. The summed E-state index contributed by atoms with van der Waals surface area (Å²) < 4.78 is 1.88. The molecule has 26 heavy (non-hydrogen) atoms. The van der Waals surface area contributed by atoms with Crippen molar-refractivity contribution in [1.82, 2.24) is 19.7 Å². The van der Waals surface area contributed by atoms with Gasteiger partial charge in [-0.05, 0) is 32.0 Å². The van der Waals surface area contributed by atoms with Crippen molar-refractivity contribution in [3.05, 3.63) is 53.1 Å². The van der Waals surface area contributed by atoms with Crippen LogP contribution >= 0.6 is 11.3 Å². The van der Waals surface area contributed by atoms with Crippen LogP contribution in [0.25, 0.3) is 11.3 Å². The van der Waals surface area contributed by atoms with Gasteiger partial charge >= 0.3 is 0 Å². The molecule has 3 aromatic rings. The minimum Gasteiger partial charge on any atom is -0.371 e. The maximum atomic E-state index is 4.44. The Hall–Kier alpha value is -2.18.